The van der Waals surface area contributed by atoms with E-state index in [1.807, 2.05) is 36.4 Å². The lowest BCUT2D eigenvalue weighted by atomic mass is 10.3. The van der Waals surface area contributed by atoms with E-state index in [9.17, 15) is 0 Å². The molecule has 0 heterocycles. The van der Waals surface area contributed by atoms with Gasteiger partial charge in [-0.05, 0) is 22.5 Å². The van der Waals surface area contributed by atoms with Gasteiger partial charge in [0, 0.05) is 10.4 Å². The van der Waals surface area contributed by atoms with Crippen molar-refractivity contribution in [2.45, 2.75) is 0 Å². The predicted molar refractivity (Wildman–Crippen MR) is 133 cm³/mol. The van der Waals surface area contributed by atoms with E-state index < -0.39 is 18.1 Å². The van der Waals surface area contributed by atoms with Crippen molar-refractivity contribution in [1.29, 1.82) is 0 Å². The molecule has 0 aromatic heterocycles. The molecule has 4 aromatic rings. The molecule has 0 spiro atoms. The first kappa shape index (κ1) is 21.1. The Bertz CT molecular complexity index is 1010. The first-order chi connectivity index (χ1) is 15.3. The number of ether oxygens (including phenoxy) is 2. The maximum absolute atomic E-state index is 7.20. The minimum atomic E-state index is -2.06. The largest absolute Gasteiger partial charge is 0.497 e. The van der Waals surface area contributed by atoms with Gasteiger partial charge in [-0.2, -0.15) is 0 Å². The van der Waals surface area contributed by atoms with Gasteiger partial charge in [0.1, 0.15) is 11.5 Å². The summed E-state index contributed by atoms with van der Waals surface area (Å²) in [5.41, 5.74) is 0. The van der Waals surface area contributed by atoms with Crippen LogP contribution in [0.25, 0.3) is 0 Å². The van der Waals surface area contributed by atoms with Gasteiger partial charge in [0.2, 0.25) is 18.1 Å². The van der Waals surface area contributed by atoms with Crippen LogP contribution in [0, 0.1) is 0 Å². The summed E-state index contributed by atoms with van der Waals surface area (Å²) in [5.74, 6) is 1.76. The Labute approximate surface area is 187 Å². The van der Waals surface area contributed by atoms with E-state index in [0.717, 1.165) is 21.9 Å². The average Bonchev–Trinajstić information content (AvgIpc) is 2.86. The Morgan fingerprint density at radius 2 is 0.806 bits per heavy atom. The Morgan fingerprint density at radius 3 is 1.19 bits per heavy atom. The summed E-state index contributed by atoms with van der Waals surface area (Å²) < 4.78 is 18.7. The molecular formula is C26H26O3Si2. The van der Waals surface area contributed by atoms with Gasteiger partial charge in [-0.25, -0.2) is 0 Å². The monoisotopic (exact) mass is 442 g/mol. The lowest BCUT2D eigenvalue weighted by Crippen LogP contribution is -2.56. The molecule has 0 aliphatic carbocycles. The van der Waals surface area contributed by atoms with Gasteiger partial charge in [-0.1, -0.05) is 97.1 Å². The van der Waals surface area contributed by atoms with Gasteiger partial charge in [0.15, 0.2) is 0 Å². The van der Waals surface area contributed by atoms with Crippen LogP contribution in [-0.4, -0.2) is 32.3 Å². The first-order valence-corrected chi connectivity index (χ1v) is 13.6. The van der Waals surface area contributed by atoms with E-state index in [2.05, 4.69) is 72.8 Å². The number of para-hydroxylation sites is 2. The zero-order chi connectivity index (χ0) is 21.5. The molecule has 2 unspecified atom stereocenters. The van der Waals surface area contributed by atoms with Crippen LogP contribution in [-0.2, 0) is 4.12 Å². The zero-order valence-corrected chi connectivity index (χ0v) is 20.1. The topological polar surface area (TPSA) is 27.7 Å². The standard InChI is InChI=1S/C26H26O3Si2/c1-27-23-17-9-11-19-25(23)30(21-13-5-3-6-14-21)29-31(22-15-7-4-8-16-22)26-20-12-10-18-24(26)28-2/h3-20,30-31H,1-2H3. The summed E-state index contributed by atoms with van der Waals surface area (Å²) in [6.45, 7) is 0. The van der Waals surface area contributed by atoms with Crippen LogP contribution in [0.2, 0.25) is 0 Å². The molecule has 0 N–H and O–H groups in total. The third-order valence-electron chi connectivity index (χ3n) is 5.32. The van der Waals surface area contributed by atoms with Crippen LogP contribution in [0.5, 0.6) is 11.5 Å². The van der Waals surface area contributed by atoms with Crippen molar-refractivity contribution in [3.05, 3.63) is 109 Å². The normalized spacial score (nSPS) is 12.7. The maximum Gasteiger partial charge on any atom is 0.232 e. The van der Waals surface area contributed by atoms with Crippen LogP contribution < -0.4 is 30.2 Å². The van der Waals surface area contributed by atoms with Gasteiger partial charge < -0.3 is 13.6 Å². The quantitative estimate of drug-likeness (QED) is 0.391. The average molecular weight is 443 g/mol. The molecule has 0 amide bonds. The molecule has 0 saturated carbocycles. The Morgan fingerprint density at radius 1 is 0.452 bits per heavy atom. The molecule has 0 saturated heterocycles. The second-order valence-corrected chi connectivity index (χ2v) is 12.4. The molecule has 5 heteroatoms. The molecule has 0 fully saturated rings. The summed E-state index contributed by atoms with van der Waals surface area (Å²) in [5, 5.41) is 4.77. The lowest BCUT2D eigenvalue weighted by molar-refractivity contribution is 0.416. The number of hydrogen-bond acceptors (Lipinski definition) is 3. The van der Waals surface area contributed by atoms with E-state index >= 15 is 0 Å². The Kier molecular flexibility index (Phi) is 6.99. The summed E-state index contributed by atoms with van der Waals surface area (Å²) >= 11 is 0. The minimum absolute atomic E-state index is 0.879. The molecular weight excluding hydrogens is 416 g/mol. The van der Waals surface area contributed by atoms with Gasteiger partial charge in [-0.3, -0.25) is 0 Å². The van der Waals surface area contributed by atoms with Gasteiger partial charge in [0.05, 0.1) is 14.2 Å². The fourth-order valence-corrected chi connectivity index (χ4v) is 10.7. The Balaban J connectivity index is 1.85. The molecule has 3 nitrogen and oxygen atoms in total. The van der Waals surface area contributed by atoms with E-state index in [4.69, 9.17) is 13.6 Å². The molecule has 2 atom stereocenters. The Hall–Kier alpha value is -3.13. The number of methoxy groups -OCH3 is 2. The summed E-state index contributed by atoms with van der Waals surface area (Å²) in [6.07, 6.45) is 0. The molecule has 0 bridgehead atoms. The van der Waals surface area contributed by atoms with Crippen molar-refractivity contribution in [1.82, 2.24) is 0 Å². The lowest BCUT2D eigenvalue weighted by Gasteiger charge is -2.27. The highest BCUT2D eigenvalue weighted by molar-refractivity contribution is 6.92. The molecule has 4 rings (SSSR count). The van der Waals surface area contributed by atoms with E-state index in [0.29, 0.717) is 0 Å². The highest BCUT2D eigenvalue weighted by atomic mass is 28.4. The molecule has 0 aliphatic rings. The second kappa shape index (κ2) is 10.3. The first-order valence-electron chi connectivity index (χ1n) is 10.3. The van der Waals surface area contributed by atoms with Gasteiger partial charge in [0.25, 0.3) is 0 Å². The van der Waals surface area contributed by atoms with Crippen molar-refractivity contribution in [3.8, 4) is 11.5 Å². The van der Waals surface area contributed by atoms with Crippen LogP contribution in [0.3, 0.4) is 0 Å². The fraction of sp³-hybridized carbons (Fsp3) is 0.0769. The molecule has 31 heavy (non-hydrogen) atoms. The SMILES string of the molecule is COc1ccccc1[SiH](O[SiH](c1ccccc1)c1ccccc1OC)c1ccccc1. The highest BCUT2D eigenvalue weighted by Crippen LogP contribution is 2.12. The van der Waals surface area contributed by atoms with Gasteiger partial charge >= 0.3 is 0 Å². The molecule has 4 aromatic carbocycles. The molecule has 156 valence electrons. The van der Waals surface area contributed by atoms with Crippen LogP contribution in [0.4, 0.5) is 0 Å². The van der Waals surface area contributed by atoms with Crippen LogP contribution >= 0.6 is 0 Å². The van der Waals surface area contributed by atoms with E-state index in [1.54, 1.807) is 14.2 Å². The maximum atomic E-state index is 7.20. The smallest absolute Gasteiger partial charge is 0.232 e. The third kappa shape index (κ3) is 4.80. The van der Waals surface area contributed by atoms with Gasteiger partial charge in [-0.15, -0.1) is 0 Å². The molecule has 0 radical (unpaired) electrons. The van der Waals surface area contributed by atoms with Crippen molar-refractivity contribution in [2.75, 3.05) is 14.2 Å². The zero-order valence-electron chi connectivity index (χ0n) is 17.8. The number of hydrogen-bond donors (Lipinski definition) is 0. The summed E-state index contributed by atoms with van der Waals surface area (Å²) in [4.78, 5) is 0. The number of rotatable bonds is 8. The van der Waals surface area contributed by atoms with Crippen molar-refractivity contribution in [2.24, 2.45) is 0 Å². The fourth-order valence-electron chi connectivity index (χ4n) is 3.82. The highest BCUT2D eigenvalue weighted by Gasteiger charge is 2.29. The summed E-state index contributed by atoms with van der Waals surface area (Å²) in [7, 11) is -0.663. The van der Waals surface area contributed by atoms with Crippen LogP contribution in [0.1, 0.15) is 0 Å². The van der Waals surface area contributed by atoms with E-state index in [1.165, 1.54) is 10.4 Å². The molecule has 0 aliphatic heterocycles. The predicted octanol–water partition coefficient (Wildman–Crippen LogP) is 2.10. The van der Waals surface area contributed by atoms with Crippen LogP contribution in [0.15, 0.2) is 109 Å². The number of benzene rings is 4. The minimum Gasteiger partial charge on any atom is -0.497 e. The van der Waals surface area contributed by atoms with E-state index in [-0.39, 0.29) is 0 Å². The second-order valence-electron chi connectivity index (χ2n) is 7.20. The van der Waals surface area contributed by atoms with Crippen molar-refractivity contribution < 1.29 is 13.6 Å². The van der Waals surface area contributed by atoms with Crippen molar-refractivity contribution in [3.63, 3.8) is 0 Å². The summed E-state index contributed by atoms with van der Waals surface area (Å²) in [6, 6.07) is 37.5. The van der Waals surface area contributed by atoms with Crippen molar-refractivity contribution >= 4 is 38.8 Å². The third-order valence-corrected chi connectivity index (χ3v) is 11.6.